The van der Waals surface area contributed by atoms with Gasteiger partial charge in [-0.2, -0.15) is 0 Å². The largest absolute Gasteiger partial charge is 0.497 e. The topological polar surface area (TPSA) is 78.6 Å². The molecule has 1 amide bonds. The number of amides is 1. The molecule has 0 saturated carbocycles. The van der Waals surface area contributed by atoms with Gasteiger partial charge in [-0.1, -0.05) is 12.1 Å². The molecule has 0 radical (unpaired) electrons. The van der Waals surface area contributed by atoms with Crippen molar-refractivity contribution < 1.29 is 19.1 Å². The molecule has 0 bridgehead atoms. The lowest BCUT2D eigenvalue weighted by Crippen LogP contribution is -2.12. The molecule has 2 aromatic rings. The smallest absolute Gasteiger partial charge is 0.338 e. The minimum Gasteiger partial charge on any atom is -0.497 e. The number of carbonyl (C=O) groups excluding carboxylic acids is 2. The van der Waals surface area contributed by atoms with Gasteiger partial charge in [-0.05, 0) is 42.0 Å². The van der Waals surface area contributed by atoms with Gasteiger partial charge < -0.3 is 15.2 Å². The molecule has 0 unspecified atom stereocenters. The Morgan fingerprint density at radius 1 is 0.955 bits per heavy atom. The zero-order valence-corrected chi connectivity index (χ0v) is 12.2. The zero-order chi connectivity index (χ0) is 15.9. The monoisotopic (exact) mass is 299 g/mol. The van der Waals surface area contributed by atoms with Crippen LogP contribution in [0.25, 0.3) is 0 Å². The average molecular weight is 299 g/mol. The Balaban J connectivity index is 1.85. The summed E-state index contributed by atoms with van der Waals surface area (Å²) >= 11 is 0. The van der Waals surface area contributed by atoms with Gasteiger partial charge in [0, 0.05) is 12.0 Å². The third-order valence-electron chi connectivity index (χ3n) is 3.19. The van der Waals surface area contributed by atoms with Gasteiger partial charge >= 0.3 is 5.97 Å². The van der Waals surface area contributed by atoms with Gasteiger partial charge in [0.1, 0.15) is 5.75 Å². The summed E-state index contributed by atoms with van der Waals surface area (Å²) in [5.41, 5.74) is 6.94. The van der Waals surface area contributed by atoms with Gasteiger partial charge in [-0.15, -0.1) is 0 Å². The summed E-state index contributed by atoms with van der Waals surface area (Å²) < 4.78 is 10.3. The summed E-state index contributed by atoms with van der Waals surface area (Å²) in [6, 6.07) is 13.6. The fourth-order valence-corrected chi connectivity index (χ4v) is 1.91. The minimum absolute atomic E-state index is 0.280. The first kappa shape index (κ1) is 15.6. The Hall–Kier alpha value is -2.82. The first-order chi connectivity index (χ1) is 10.6. The second-order valence-corrected chi connectivity index (χ2v) is 4.68. The highest BCUT2D eigenvalue weighted by Gasteiger charge is 2.08. The van der Waals surface area contributed by atoms with Crippen molar-refractivity contribution in [2.45, 2.75) is 6.42 Å². The van der Waals surface area contributed by atoms with Crippen molar-refractivity contribution in [1.29, 1.82) is 0 Å². The highest BCUT2D eigenvalue weighted by Crippen LogP contribution is 2.12. The van der Waals surface area contributed by atoms with Crippen LogP contribution in [0.3, 0.4) is 0 Å². The van der Waals surface area contributed by atoms with Gasteiger partial charge in [-0.25, -0.2) is 4.79 Å². The van der Waals surface area contributed by atoms with Crippen LogP contribution in [0.1, 0.15) is 26.3 Å². The summed E-state index contributed by atoms with van der Waals surface area (Å²) in [4.78, 5) is 22.8. The van der Waals surface area contributed by atoms with Gasteiger partial charge in [0.15, 0.2) is 0 Å². The van der Waals surface area contributed by atoms with E-state index in [0.717, 1.165) is 11.3 Å². The predicted octanol–water partition coefficient (Wildman–Crippen LogP) is 2.19. The molecule has 0 aliphatic rings. The van der Waals surface area contributed by atoms with E-state index in [2.05, 4.69) is 0 Å². The van der Waals surface area contributed by atoms with Crippen LogP contribution >= 0.6 is 0 Å². The van der Waals surface area contributed by atoms with Gasteiger partial charge in [0.25, 0.3) is 0 Å². The van der Waals surface area contributed by atoms with Crippen molar-refractivity contribution in [2.75, 3.05) is 13.7 Å². The maximum Gasteiger partial charge on any atom is 0.338 e. The van der Waals surface area contributed by atoms with E-state index in [4.69, 9.17) is 15.2 Å². The molecule has 22 heavy (non-hydrogen) atoms. The molecule has 0 aliphatic carbocycles. The lowest BCUT2D eigenvalue weighted by atomic mass is 10.1. The number of rotatable bonds is 6. The fraction of sp³-hybridized carbons (Fsp3) is 0.176. The van der Waals surface area contributed by atoms with Crippen LogP contribution in [-0.2, 0) is 11.2 Å². The van der Waals surface area contributed by atoms with Gasteiger partial charge in [0.05, 0.1) is 19.3 Å². The predicted molar refractivity (Wildman–Crippen MR) is 81.9 cm³/mol. The molecule has 114 valence electrons. The molecular weight excluding hydrogens is 282 g/mol. The standard InChI is InChI=1S/C17H17NO4/c1-21-15-8-2-12(3-9-15)10-11-22-17(20)14-6-4-13(5-7-14)16(18)19/h2-9H,10-11H2,1H3,(H2,18,19). The van der Waals surface area contributed by atoms with E-state index in [1.807, 2.05) is 24.3 Å². The molecule has 5 heteroatoms. The molecular formula is C17H17NO4. The minimum atomic E-state index is -0.528. The zero-order valence-electron chi connectivity index (χ0n) is 12.2. The Kier molecular flexibility index (Phi) is 5.14. The summed E-state index contributed by atoms with van der Waals surface area (Å²) in [5.74, 6) is -0.167. The highest BCUT2D eigenvalue weighted by atomic mass is 16.5. The maximum atomic E-state index is 11.9. The number of ether oxygens (including phenoxy) is 2. The third-order valence-corrected chi connectivity index (χ3v) is 3.19. The van der Waals surface area contributed by atoms with Crippen molar-refractivity contribution in [3.63, 3.8) is 0 Å². The molecule has 2 aromatic carbocycles. The Labute approximate surface area is 128 Å². The van der Waals surface area contributed by atoms with E-state index >= 15 is 0 Å². The van der Waals surface area contributed by atoms with Crippen LogP contribution in [0.5, 0.6) is 5.75 Å². The number of nitrogens with two attached hydrogens (primary N) is 1. The van der Waals surface area contributed by atoms with E-state index in [1.54, 1.807) is 7.11 Å². The van der Waals surface area contributed by atoms with Crippen molar-refractivity contribution in [3.8, 4) is 5.75 Å². The van der Waals surface area contributed by atoms with Gasteiger partial charge in [-0.3, -0.25) is 4.79 Å². The summed E-state index contributed by atoms with van der Waals surface area (Å²) in [7, 11) is 1.61. The van der Waals surface area contributed by atoms with E-state index < -0.39 is 11.9 Å². The van der Waals surface area contributed by atoms with Crippen molar-refractivity contribution in [1.82, 2.24) is 0 Å². The van der Waals surface area contributed by atoms with E-state index in [1.165, 1.54) is 24.3 Å². The molecule has 0 heterocycles. The maximum absolute atomic E-state index is 11.9. The summed E-state index contributed by atoms with van der Waals surface area (Å²) in [6.07, 6.45) is 0.620. The van der Waals surface area contributed by atoms with Crippen molar-refractivity contribution in [2.24, 2.45) is 5.73 Å². The van der Waals surface area contributed by atoms with Crippen LogP contribution < -0.4 is 10.5 Å². The number of methoxy groups -OCH3 is 1. The van der Waals surface area contributed by atoms with E-state index in [-0.39, 0.29) is 6.61 Å². The molecule has 0 saturated heterocycles. The molecule has 5 nitrogen and oxygen atoms in total. The Bertz CT molecular complexity index is 647. The van der Waals surface area contributed by atoms with Crippen LogP contribution in [0.15, 0.2) is 48.5 Å². The van der Waals surface area contributed by atoms with Crippen LogP contribution in [-0.4, -0.2) is 25.6 Å². The number of hydrogen-bond donors (Lipinski definition) is 1. The van der Waals surface area contributed by atoms with Crippen LogP contribution in [0.2, 0.25) is 0 Å². The van der Waals surface area contributed by atoms with Gasteiger partial charge in [0.2, 0.25) is 5.91 Å². The lowest BCUT2D eigenvalue weighted by Gasteiger charge is -2.06. The quantitative estimate of drug-likeness (QED) is 0.829. The summed E-state index contributed by atoms with van der Waals surface area (Å²) in [5, 5.41) is 0. The SMILES string of the molecule is COc1ccc(CCOC(=O)c2ccc(C(N)=O)cc2)cc1. The first-order valence-corrected chi connectivity index (χ1v) is 6.80. The van der Waals surface area contributed by atoms with E-state index in [9.17, 15) is 9.59 Å². The lowest BCUT2D eigenvalue weighted by molar-refractivity contribution is 0.0509. The molecule has 0 fully saturated rings. The summed E-state index contributed by atoms with van der Waals surface area (Å²) in [6.45, 7) is 0.280. The third kappa shape index (κ3) is 4.09. The van der Waals surface area contributed by atoms with Crippen molar-refractivity contribution >= 4 is 11.9 Å². The normalized spacial score (nSPS) is 10.0. The highest BCUT2D eigenvalue weighted by molar-refractivity contribution is 5.95. The Morgan fingerprint density at radius 3 is 2.09 bits per heavy atom. The number of primary amides is 1. The van der Waals surface area contributed by atoms with Crippen molar-refractivity contribution in [3.05, 3.63) is 65.2 Å². The Morgan fingerprint density at radius 2 is 1.55 bits per heavy atom. The number of benzene rings is 2. The molecule has 0 aromatic heterocycles. The number of hydrogen-bond acceptors (Lipinski definition) is 4. The van der Waals surface area contributed by atoms with E-state index in [0.29, 0.717) is 17.5 Å². The molecule has 2 N–H and O–H groups in total. The number of carbonyl (C=O) groups is 2. The van der Waals surface area contributed by atoms with Crippen LogP contribution in [0, 0.1) is 0 Å². The molecule has 0 spiro atoms. The molecule has 2 rings (SSSR count). The number of esters is 1. The second kappa shape index (κ2) is 7.26. The second-order valence-electron chi connectivity index (χ2n) is 4.68. The molecule has 0 aliphatic heterocycles. The average Bonchev–Trinajstić information content (AvgIpc) is 2.55. The molecule has 0 atom stereocenters. The van der Waals surface area contributed by atoms with Crippen LogP contribution in [0.4, 0.5) is 0 Å². The first-order valence-electron chi connectivity index (χ1n) is 6.80. The fourth-order valence-electron chi connectivity index (χ4n) is 1.91.